The minimum absolute atomic E-state index is 0.282. The molecule has 0 bridgehead atoms. The maximum Gasteiger partial charge on any atom is 0.137 e. The molecular formula is C14H19ClN4. The number of imidazole rings is 1. The highest BCUT2D eigenvalue weighted by Gasteiger charge is 2.25. The van der Waals surface area contributed by atoms with Crippen molar-refractivity contribution < 1.29 is 0 Å². The smallest absolute Gasteiger partial charge is 0.137 e. The van der Waals surface area contributed by atoms with Crippen LogP contribution in [0.5, 0.6) is 0 Å². The molecule has 2 N–H and O–H groups in total. The van der Waals surface area contributed by atoms with E-state index in [0.29, 0.717) is 5.92 Å². The van der Waals surface area contributed by atoms with Gasteiger partial charge in [0.25, 0.3) is 0 Å². The lowest BCUT2D eigenvalue weighted by Crippen LogP contribution is -2.29. The molecule has 1 aliphatic heterocycles. The Hall–Kier alpha value is -1.10. The normalized spacial score (nSPS) is 22.2. The summed E-state index contributed by atoms with van der Waals surface area (Å²) in [5.74, 6) is 0.617. The number of hydrogen-bond acceptors (Lipinski definition) is 3. The fourth-order valence-corrected chi connectivity index (χ4v) is 2.93. The molecular weight excluding hydrogens is 260 g/mol. The minimum atomic E-state index is 0.282. The highest BCUT2D eigenvalue weighted by Crippen LogP contribution is 2.21. The van der Waals surface area contributed by atoms with E-state index in [2.05, 4.69) is 23.0 Å². The third kappa shape index (κ3) is 2.76. The number of likely N-dealkylation sites (tertiary alicyclic amines) is 1. The van der Waals surface area contributed by atoms with Gasteiger partial charge >= 0.3 is 0 Å². The van der Waals surface area contributed by atoms with Crippen molar-refractivity contribution in [1.29, 1.82) is 0 Å². The second-order valence-corrected chi connectivity index (χ2v) is 5.92. The van der Waals surface area contributed by atoms with Gasteiger partial charge in [-0.25, -0.2) is 4.98 Å². The molecule has 1 saturated heterocycles. The molecule has 3 heterocycles. The molecule has 2 aromatic heterocycles. The maximum atomic E-state index is 5.98. The second-order valence-electron chi connectivity index (χ2n) is 5.49. The Morgan fingerprint density at radius 3 is 3.05 bits per heavy atom. The summed E-state index contributed by atoms with van der Waals surface area (Å²) in [5, 5.41) is 0.731. The van der Waals surface area contributed by atoms with Crippen molar-refractivity contribution in [1.82, 2.24) is 14.3 Å². The van der Waals surface area contributed by atoms with Crippen LogP contribution >= 0.6 is 11.6 Å². The van der Waals surface area contributed by atoms with E-state index in [0.717, 1.165) is 36.0 Å². The summed E-state index contributed by atoms with van der Waals surface area (Å²) in [6.07, 6.45) is 5.14. The monoisotopic (exact) mass is 278 g/mol. The average molecular weight is 279 g/mol. The molecule has 1 aliphatic rings. The Kier molecular flexibility index (Phi) is 3.48. The zero-order valence-corrected chi connectivity index (χ0v) is 11.8. The van der Waals surface area contributed by atoms with Gasteiger partial charge in [-0.2, -0.15) is 0 Å². The average Bonchev–Trinajstić information content (AvgIpc) is 2.95. The van der Waals surface area contributed by atoms with Gasteiger partial charge in [0, 0.05) is 31.5 Å². The second kappa shape index (κ2) is 5.12. The largest absolute Gasteiger partial charge is 0.328 e. The molecule has 2 unspecified atom stereocenters. The summed E-state index contributed by atoms with van der Waals surface area (Å²) in [6.45, 7) is 5.18. The summed E-state index contributed by atoms with van der Waals surface area (Å²) in [4.78, 5) is 7.05. The zero-order valence-electron chi connectivity index (χ0n) is 11.1. The number of pyridine rings is 1. The number of nitrogens with two attached hydrogens (primary N) is 1. The summed E-state index contributed by atoms with van der Waals surface area (Å²) < 4.78 is 1.98. The van der Waals surface area contributed by atoms with Crippen LogP contribution in [0.1, 0.15) is 19.0 Å². The van der Waals surface area contributed by atoms with Gasteiger partial charge in [0.1, 0.15) is 5.65 Å². The van der Waals surface area contributed by atoms with Crippen LogP contribution in [0.2, 0.25) is 5.02 Å². The molecule has 0 saturated carbocycles. The van der Waals surface area contributed by atoms with Gasteiger partial charge in [0.15, 0.2) is 0 Å². The van der Waals surface area contributed by atoms with Crippen molar-refractivity contribution in [2.75, 3.05) is 13.1 Å². The number of hydrogen-bond donors (Lipinski definition) is 1. The van der Waals surface area contributed by atoms with Crippen LogP contribution in [0, 0.1) is 5.92 Å². The van der Waals surface area contributed by atoms with E-state index < -0.39 is 0 Å². The molecule has 0 radical (unpaired) electrons. The summed E-state index contributed by atoms with van der Waals surface area (Å²) in [7, 11) is 0. The van der Waals surface area contributed by atoms with E-state index in [-0.39, 0.29) is 6.04 Å². The van der Waals surface area contributed by atoms with Crippen molar-refractivity contribution in [2.45, 2.75) is 25.9 Å². The van der Waals surface area contributed by atoms with E-state index >= 15 is 0 Å². The number of rotatable bonds is 3. The van der Waals surface area contributed by atoms with Gasteiger partial charge in [-0.1, -0.05) is 11.6 Å². The van der Waals surface area contributed by atoms with Crippen LogP contribution in [0.4, 0.5) is 0 Å². The van der Waals surface area contributed by atoms with Crippen molar-refractivity contribution in [2.24, 2.45) is 11.7 Å². The van der Waals surface area contributed by atoms with Crippen LogP contribution in [-0.2, 0) is 6.54 Å². The molecule has 0 aromatic carbocycles. The topological polar surface area (TPSA) is 46.6 Å². The first kappa shape index (κ1) is 12.9. The molecule has 0 aliphatic carbocycles. The third-order valence-electron chi connectivity index (χ3n) is 3.90. The molecule has 5 heteroatoms. The van der Waals surface area contributed by atoms with Gasteiger partial charge in [-0.3, -0.25) is 4.90 Å². The summed E-state index contributed by atoms with van der Waals surface area (Å²) in [5.41, 5.74) is 8.01. The van der Waals surface area contributed by atoms with Crippen LogP contribution in [0.15, 0.2) is 24.5 Å². The van der Waals surface area contributed by atoms with E-state index in [1.54, 1.807) is 0 Å². The third-order valence-corrected chi connectivity index (χ3v) is 4.13. The number of halogens is 1. The van der Waals surface area contributed by atoms with E-state index in [4.69, 9.17) is 17.3 Å². The predicted molar refractivity (Wildman–Crippen MR) is 77.2 cm³/mol. The zero-order chi connectivity index (χ0) is 13.4. The van der Waals surface area contributed by atoms with E-state index in [1.807, 2.05) is 22.7 Å². The lowest BCUT2D eigenvalue weighted by atomic mass is 10.0. The molecule has 0 spiro atoms. The molecule has 3 rings (SSSR count). The Bertz CT molecular complexity index is 578. The summed E-state index contributed by atoms with van der Waals surface area (Å²) in [6, 6.07) is 4.10. The molecule has 102 valence electrons. The first-order valence-corrected chi connectivity index (χ1v) is 7.10. The van der Waals surface area contributed by atoms with Crippen molar-refractivity contribution >= 4 is 17.2 Å². The van der Waals surface area contributed by atoms with Gasteiger partial charge in [0.2, 0.25) is 0 Å². The molecule has 0 amide bonds. The lowest BCUT2D eigenvalue weighted by Gasteiger charge is -2.16. The summed E-state index contributed by atoms with van der Waals surface area (Å²) >= 11 is 5.98. The van der Waals surface area contributed by atoms with Gasteiger partial charge in [-0.15, -0.1) is 0 Å². The number of aromatic nitrogens is 2. The van der Waals surface area contributed by atoms with Gasteiger partial charge < -0.3 is 10.1 Å². The first-order valence-electron chi connectivity index (χ1n) is 6.73. The van der Waals surface area contributed by atoms with Crippen LogP contribution in [0.3, 0.4) is 0 Å². The molecule has 19 heavy (non-hydrogen) atoms. The fourth-order valence-electron chi connectivity index (χ4n) is 2.76. The van der Waals surface area contributed by atoms with Crippen molar-refractivity contribution in [3.8, 4) is 0 Å². The van der Waals surface area contributed by atoms with E-state index in [9.17, 15) is 0 Å². The SMILES string of the molecule is CC(N)C1CCN(Cc2cn3cc(Cl)ccc3n2)C1. The Morgan fingerprint density at radius 1 is 1.47 bits per heavy atom. The Balaban J connectivity index is 1.72. The quantitative estimate of drug-likeness (QED) is 0.936. The maximum absolute atomic E-state index is 5.98. The van der Waals surface area contributed by atoms with Gasteiger partial charge in [-0.05, 0) is 37.9 Å². The van der Waals surface area contributed by atoms with Crippen LogP contribution in [-0.4, -0.2) is 33.4 Å². The highest BCUT2D eigenvalue weighted by atomic mass is 35.5. The molecule has 4 nitrogen and oxygen atoms in total. The predicted octanol–water partition coefficient (Wildman–Crippen LogP) is 2.16. The number of fused-ring (bicyclic) bond motifs is 1. The highest BCUT2D eigenvalue weighted by molar-refractivity contribution is 6.30. The van der Waals surface area contributed by atoms with Crippen molar-refractivity contribution in [3.05, 3.63) is 35.2 Å². The minimum Gasteiger partial charge on any atom is -0.328 e. The Labute approximate surface area is 118 Å². The molecule has 1 fully saturated rings. The fraction of sp³-hybridized carbons (Fsp3) is 0.500. The first-order chi connectivity index (χ1) is 9.11. The van der Waals surface area contributed by atoms with Crippen LogP contribution < -0.4 is 5.73 Å². The standard InChI is InChI=1S/C14H19ClN4/c1-10(16)11-4-5-18(6-11)8-13-9-19-7-12(15)2-3-14(19)17-13/h2-3,7,9-11H,4-6,8,16H2,1H3. The lowest BCUT2D eigenvalue weighted by molar-refractivity contribution is 0.305. The molecule has 2 atom stereocenters. The molecule has 2 aromatic rings. The van der Waals surface area contributed by atoms with Crippen LogP contribution in [0.25, 0.3) is 5.65 Å². The van der Waals surface area contributed by atoms with Crippen molar-refractivity contribution in [3.63, 3.8) is 0 Å². The Morgan fingerprint density at radius 2 is 2.32 bits per heavy atom. The van der Waals surface area contributed by atoms with E-state index in [1.165, 1.54) is 6.42 Å². The number of nitrogens with zero attached hydrogens (tertiary/aromatic N) is 3. The van der Waals surface area contributed by atoms with Gasteiger partial charge in [0.05, 0.1) is 10.7 Å².